The minimum atomic E-state index is -0.283. The van der Waals surface area contributed by atoms with Crippen molar-refractivity contribution in [3.8, 4) is 11.3 Å². The fraction of sp³-hybridized carbons (Fsp3) is 0.421. The van der Waals surface area contributed by atoms with Gasteiger partial charge in [0.2, 0.25) is 5.91 Å². The summed E-state index contributed by atoms with van der Waals surface area (Å²) in [5, 5.41) is 7.14. The Morgan fingerprint density at radius 1 is 1.16 bits per heavy atom. The number of hydrogen-bond acceptors (Lipinski definition) is 4. The SMILES string of the molecule is CCCCN(C)CCNC(=O)Cn1nc(-c2ccccc2)ccc1=O. The third kappa shape index (κ3) is 6.15. The maximum atomic E-state index is 12.1. The molecule has 1 aromatic heterocycles. The van der Waals surface area contributed by atoms with Crippen molar-refractivity contribution in [1.82, 2.24) is 20.0 Å². The predicted molar refractivity (Wildman–Crippen MR) is 99.3 cm³/mol. The van der Waals surface area contributed by atoms with E-state index in [0.717, 1.165) is 31.5 Å². The van der Waals surface area contributed by atoms with E-state index < -0.39 is 0 Å². The van der Waals surface area contributed by atoms with Crippen molar-refractivity contribution in [3.63, 3.8) is 0 Å². The molecule has 0 spiro atoms. The molecule has 0 atom stereocenters. The van der Waals surface area contributed by atoms with Crippen LogP contribution in [0.2, 0.25) is 0 Å². The van der Waals surface area contributed by atoms with Gasteiger partial charge >= 0.3 is 0 Å². The van der Waals surface area contributed by atoms with Gasteiger partial charge in [-0.05, 0) is 26.1 Å². The van der Waals surface area contributed by atoms with Crippen LogP contribution in [0.15, 0.2) is 47.3 Å². The number of hydrogen-bond donors (Lipinski definition) is 1. The van der Waals surface area contributed by atoms with Gasteiger partial charge in [-0.3, -0.25) is 9.59 Å². The van der Waals surface area contributed by atoms with E-state index in [9.17, 15) is 9.59 Å². The summed E-state index contributed by atoms with van der Waals surface area (Å²) in [6.07, 6.45) is 2.30. The Hall–Kier alpha value is -2.47. The molecule has 0 unspecified atom stereocenters. The van der Waals surface area contributed by atoms with Crippen LogP contribution < -0.4 is 10.9 Å². The number of benzene rings is 1. The predicted octanol–water partition coefficient (Wildman–Crippen LogP) is 1.76. The van der Waals surface area contributed by atoms with E-state index in [2.05, 4.69) is 22.2 Å². The molecule has 0 saturated heterocycles. The Labute approximate surface area is 148 Å². The van der Waals surface area contributed by atoms with Gasteiger partial charge in [0.25, 0.3) is 5.56 Å². The molecule has 2 rings (SSSR count). The van der Waals surface area contributed by atoms with Gasteiger partial charge in [0.1, 0.15) is 6.54 Å². The Bertz CT molecular complexity index is 728. The largest absolute Gasteiger partial charge is 0.353 e. The quantitative estimate of drug-likeness (QED) is 0.754. The zero-order valence-electron chi connectivity index (χ0n) is 14.9. The lowest BCUT2D eigenvalue weighted by Crippen LogP contribution is -2.37. The number of amides is 1. The molecule has 25 heavy (non-hydrogen) atoms. The highest BCUT2D eigenvalue weighted by Crippen LogP contribution is 2.13. The van der Waals surface area contributed by atoms with Gasteiger partial charge in [0, 0.05) is 24.7 Å². The third-order valence-corrected chi connectivity index (χ3v) is 3.94. The molecule has 1 heterocycles. The maximum absolute atomic E-state index is 12.1. The molecule has 6 nitrogen and oxygen atoms in total. The van der Waals surface area contributed by atoms with Crippen molar-refractivity contribution in [2.45, 2.75) is 26.3 Å². The maximum Gasteiger partial charge on any atom is 0.267 e. The summed E-state index contributed by atoms with van der Waals surface area (Å²) in [6.45, 7) is 4.46. The molecule has 0 bridgehead atoms. The summed E-state index contributed by atoms with van der Waals surface area (Å²) >= 11 is 0. The summed E-state index contributed by atoms with van der Waals surface area (Å²) in [5.74, 6) is -0.205. The molecule has 2 aromatic rings. The monoisotopic (exact) mass is 342 g/mol. The van der Waals surface area contributed by atoms with Gasteiger partial charge in [-0.15, -0.1) is 0 Å². The molecule has 6 heteroatoms. The number of likely N-dealkylation sites (N-methyl/N-ethyl adjacent to an activating group) is 1. The van der Waals surface area contributed by atoms with Crippen LogP contribution in [0.1, 0.15) is 19.8 Å². The van der Waals surface area contributed by atoms with E-state index >= 15 is 0 Å². The van der Waals surface area contributed by atoms with Crippen LogP contribution in [0, 0.1) is 0 Å². The summed E-state index contributed by atoms with van der Waals surface area (Å²) in [6, 6.07) is 12.7. The van der Waals surface area contributed by atoms with E-state index in [-0.39, 0.29) is 18.0 Å². The first-order valence-electron chi connectivity index (χ1n) is 8.69. The average Bonchev–Trinajstić information content (AvgIpc) is 2.62. The Morgan fingerprint density at radius 2 is 1.92 bits per heavy atom. The lowest BCUT2D eigenvalue weighted by molar-refractivity contribution is -0.121. The lowest BCUT2D eigenvalue weighted by atomic mass is 10.1. The number of unbranched alkanes of at least 4 members (excludes halogenated alkanes) is 1. The number of nitrogens with zero attached hydrogens (tertiary/aromatic N) is 3. The standard InChI is InChI=1S/C19H26N4O2/c1-3-4-13-22(2)14-12-20-18(24)15-23-19(25)11-10-17(21-23)16-8-6-5-7-9-16/h5-11H,3-4,12-15H2,1-2H3,(H,20,24). The first-order valence-corrected chi connectivity index (χ1v) is 8.69. The van der Waals surface area contributed by atoms with Gasteiger partial charge in [-0.2, -0.15) is 5.10 Å². The van der Waals surface area contributed by atoms with E-state index in [4.69, 9.17) is 0 Å². The van der Waals surface area contributed by atoms with Crippen molar-refractivity contribution in [2.75, 3.05) is 26.7 Å². The van der Waals surface area contributed by atoms with Crippen molar-refractivity contribution in [3.05, 3.63) is 52.8 Å². The fourth-order valence-electron chi connectivity index (χ4n) is 2.44. The second kappa shape index (κ2) is 9.74. The summed E-state index contributed by atoms with van der Waals surface area (Å²) in [5.41, 5.74) is 1.30. The molecule has 0 aliphatic heterocycles. The molecule has 0 aliphatic rings. The van der Waals surface area contributed by atoms with E-state index in [1.807, 2.05) is 37.4 Å². The van der Waals surface area contributed by atoms with Gasteiger partial charge < -0.3 is 10.2 Å². The molecule has 1 N–H and O–H groups in total. The molecule has 0 saturated carbocycles. The van der Waals surface area contributed by atoms with Crippen molar-refractivity contribution >= 4 is 5.91 Å². The van der Waals surface area contributed by atoms with Gasteiger partial charge in [0.15, 0.2) is 0 Å². The molecular weight excluding hydrogens is 316 g/mol. The summed E-state index contributed by atoms with van der Waals surface area (Å²) < 4.78 is 1.21. The number of nitrogens with one attached hydrogen (secondary N) is 1. The fourth-order valence-corrected chi connectivity index (χ4v) is 2.44. The van der Waals surface area contributed by atoms with Gasteiger partial charge in [-0.25, -0.2) is 4.68 Å². The number of carbonyl (C=O) groups is 1. The van der Waals surface area contributed by atoms with Crippen LogP contribution in [0.3, 0.4) is 0 Å². The van der Waals surface area contributed by atoms with Gasteiger partial charge in [0.05, 0.1) is 5.69 Å². The Kier molecular flexibility index (Phi) is 7.35. The smallest absolute Gasteiger partial charge is 0.267 e. The van der Waals surface area contributed by atoms with Crippen LogP contribution in [-0.2, 0) is 11.3 Å². The summed E-state index contributed by atoms with van der Waals surface area (Å²) in [7, 11) is 2.04. The number of aromatic nitrogens is 2. The van der Waals surface area contributed by atoms with Gasteiger partial charge in [-0.1, -0.05) is 43.7 Å². The van der Waals surface area contributed by atoms with Crippen LogP contribution in [-0.4, -0.2) is 47.3 Å². The zero-order valence-corrected chi connectivity index (χ0v) is 14.9. The topological polar surface area (TPSA) is 67.2 Å². The van der Waals surface area contributed by atoms with Crippen molar-refractivity contribution < 1.29 is 4.79 Å². The minimum absolute atomic E-state index is 0.0712. The minimum Gasteiger partial charge on any atom is -0.353 e. The molecule has 1 aromatic carbocycles. The second-order valence-corrected chi connectivity index (χ2v) is 6.09. The molecule has 0 aliphatic carbocycles. The van der Waals surface area contributed by atoms with Crippen molar-refractivity contribution in [2.24, 2.45) is 0 Å². The third-order valence-electron chi connectivity index (χ3n) is 3.94. The van der Waals surface area contributed by atoms with Crippen LogP contribution >= 0.6 is 0 Å². The molecule has 0 fully saturated rings. The Morgan fingerprint density at radius 3 is 2.64 bits per heavy atom. The van der Waals surface area contributed by atoms with Crippen molar-refractivity contribution in [1.29, 1.82) is 0 Å². The van der Waals surface area contributed by atoms with E-state index in [1.54, 1.807) is 6.07 Å². The van der Waals surface area contributed by atoms with Crippen LogP contribution in [0.5, 0.6) is 0 Å². The molecule has 1 amide bonds. The Balaban J connectivity index is 1.91. The summed E-state index contributed by atoms with van der Waals surface area (Å²) in [4.78, 5) is 26.2. The normalized spacial score (nSPS) is 10.8. The van der Waals surface area contributed by atoms with Crippen LogP contribution in [0.4, 0.5) is 0 Å². The average molecular weight is 342 g/mol. The molecule has 0 radical (unpaired) electrons. The van der Waals surface area contributed by atoms with E-state index in [1.165, 1.54) is 10.7 Å². The first-order chi connectivity index (χ1) is 12.1. The van der Waals surface area contributed by atoms with Crippen LogP contribution in [0.25, 0.3) is 11.3 Å². The highest BCUT2D eigenvalue weighted by atomic mass is 16.2. The number of carbonyl (C=O) groups excluding carboxylic acids is 1. The van der Waals surface area contributed by atoms with E-state index in [0.29, 0.717) is 12.2 Å². The molecular formula is C19H26N4O2. The second-order valence-electron chi connectivity index (χ2n) is 6.09. The first kappa shape index (κ1) is 18.9. The molecule has 134 valence electrons. The number of rotatable bonds is 9. The highest BCUT2D eigenvalue weighted by molar-refractivity contribution is 5.75. The lowest BCUT2D eigenvalue weighted by Gasteiger charge is -2.16. The highest BCUT2D eigenvalue weighted by Gasteiger charge is 2.08. The zero-order chi connectivity index (χ0) is 18.1.